The third-order valence-electron chi connectivity index (χ3n) is 2.49. The van der Waals surface area contributed by atoms with E-state index in [0.717, 1.165) is 10.9 Å². The van der Waals surface area contributed by atoms with Crippen LogP contribution in [0.3, 0.4) is 0 Å². The first-order valence-corrected chi connectivity index (χ1v) is 5.09. The van der Waals surface area contributed by atoms with Gasteiger partial charge in [-0.25, -0.2) is 0 Å². The number of oxime groups is 1. The highest BCUT2D eigenvalue weighted by Crippen LogP contribution is 2.21. The predicted molar refractivity (Wildman–Crippen MR) is 62.6 cm³/mol. The summed E-state index contributed by atoms with van der Waals surface area (Å²) in [5, 5.41) is 17.1. The van der Waals surface area contributed by atoms with Gasteiger partial charge in [-0.3, -0.25) is 4.68 Å². The van der Waals surface area contributed by atoms with Gasteiger partial charge < -0.3 is 10.9 Å². The Balaban J connectivity index is 2.78. The van der Waals surface area contributed by atoms with Gasteiger partial charge in [0.1, 0.15) is 0 Å². The SMILES string of the molecule is CC(C)n1ncc2cccc(C(N)=NO)c21. The number of nitrogens with zero attached hydrogens (tertiary/aromatic N) is 3. The molecule has 1 heterocycles. The maximum absolute atomic E-state index is 8.75. The second kappa shape index (κ2) is 3.84. The molecular weight excluding hydrogens is 204 g/mol. The van der Waals surface area contributed by atoms with Crippen molar-refractivity contribution in [2.24, 2.45) is 10.9 Å². The minimum atomic E-state index is 0.105. The number of rotatable bonds is 2. The van der Waals surface area contributed by atoms with Crippen molar-refractivity contribution in [2.45, 2.75) is 19.9 Å². The van der Waals surface area contributed by atoms with E-state index in [1.165, 1.54) is 0 Å². The smallest absolute Gasteiger partial charge is 0.172 e. The van der Waals surface area contributed by atoms with Crippen LogP contribution in [-0.2, 0) is 0 Å². The van der Waals surface area contributed by atoms with Crippen molar-refractivity contribution in [3.05, 3.63) is 30.0 Å². The van der Waals surface area contributed by atoms with Gasteiger partial charge in [0.15, 0.2) is 5.84 Å². The van der Waals surface area contributed by atoms with E-state index < -0.39 is 0 Å². The molecule has 5 nitrogen and oxygen atoms in total. The Morgan fingerprint density at radius 1 is 1.50 bits per heavy atom. The Hall–Kier alpha value is -2.04. The van der Waals surface area contributed by atoms with Gasteiger partial charge in [0, 0.05) is 17.0 Å². The van der Waals surface area contributed by atoms with E-state index in [2.05, 4.69) is 10.3 Å². The quantitative estimate of drug-likeness (QED) is 0.348. The van der Waals surface area contributed by atoms with Gasteiger partial charge in [0.25, 0.3) is 0 Å². The molecule has 5 heteroatoms. The molecular formula is C11H14N4O. The zero-order valence-electron chi connectivity index (χ0n) is 9.25. The maximum atomic E-state index is 8.75. The lowest BCUT2D eigenvalue weighted by molar-refractivity contribution is 0.318. The average molecular weight is 218 g/mol. The number of aromatic nitrogens is 2. The van der Waals surface area contributed by atoms with Crippen LogP contribution in [0.2, 0.25) is 0 Å². The van der Waals surface area contributed by atoms with E-state index in [0.29, 0.717) is 5.56 Å². The molecule has 0 fully saturated rings. The Bertz CT molecular complexity index is 542. The molecule has 3 N–H and O–H groups in total. The number of hydrogen-bond donors (Lipinski definition) is 2. The molecule has 84 valence electrons. The number of fused-ring (bicyclic) bond motifs is 1. The second-order valence-corrected chi connectivity index (χ2v) is 3.91. The molecule has 0 saturated heterocycles. The summed E-state index contributed by atoms with van der Waals surface area (Å²) in [5.41, 5.74) is 7.24. The summed E-state index contributed by atoms with van der Waals surface area (Å²) in [6.07, 6.45) is 1.78. The molecule has 0 bridgehead atoms. The number of hydrogen-bond acceptors (Lipinski definition) is 3. The van der Waals surface area contributed by atoms with Gasteiger partial charge in [0.2, 0.25) is 0 Å². The molecule has 0 aliphatic heterocycles. The first-order chi connectivity index (χ1) is 7.65. The lowest BCUT2D eigenvalue weighted by Gasteiger charge is -2.10. The predicted octanol–water partition coefficient (Wildman–Crippen LogP) is 1.71. The molecule has 1 aromatic heterocycles. The van der Waals surface area contributed by atoms with Gasteiger partial charge in [-0.2, -0.15) is 5.10 Å². The van der Waals surface area contributed by atoms with Crippen LogP contribution in [0.4, 0.5) is 0 Å². The van der Waals surface area contributed by atoms with E-state index >= 15 is 0 Å². The highest BCUT2D eigenvalue weighted by molar-refractivity contribution is 6.07. The van der Waals surface area contributed by atoms with Crippen LogP contribution in [0.15, 0.2) is 29.6 Å². The maximum Gasteiger partial charge on any atom is 0.172 e. The van der Waals surface area contributed by atoms with Gasteiger partial charge in [-0.1, -0.05) is 17.3 Å². The summed E-state index contributed by atoms with van der Waals surface area (Å²) in [5.74, 6) is 0.105. The summed E-state index contributed by atoms with van der Waals surface area (Å²) in [6, 6.07) is 5.86. The highest BCUT2D eigenvalue weighted by Gasteiger charge is 2.12. The van der Waals surface area contributed by atoms with Crippen molar-refractivity contribution in [3.8, 4) is 0 Å². The normalized spacial score (nSPS) is 12.6. The molecule has 2 aromatic rings. The van der Waals surface area contributed by atoms with Crippen molar-refractivity contribution in [3.63, 3.8) is 0 Å². The molecule has 2 rings (SSSR count). The number of amidine groups is 1. The Morgan fingerprint density at radius 2 is 2.25 bits per heavy atom. The first-order valence-electron chi connectivity index (χ1n) is 5.09. The van der Waals surface area contributed by atoms with Crippen LogP contribution in [0, 0.1) is 0 Å². The van der Waals surface area contributed by atoms with Crippen LogP contribution in [0.25, 0.3) is 10.9 Å². The zero-order valence-corrected chi connectivity index (χ0v) is 9.25. The highest BCUT2D eigenvalue weighted by atomic mass is 16.4. The van der Waals surface area contributed by atoms with Crippen molar-refractivity contribution >= 4 is 16.7 Å². The largest absolute Gasteiger partial charge is 0.409 e. The minimum Gasteiger partial charge on any atom is -0.409 e. The average Bonchev–Trinajstić information content (AvgIpc) is 2.71. The molecule has 0 radical (unpaired) electrons. The third-order valence-corrected chi connectivity index (χ3v) is 2.49. The van der Waals surface area contributed by atoms with Gasteiger partial charge in [-0.05, 0) is 19.9 Å². The monoisotopic (exact) mass is 218 g/mol. The standard InChI is InChI=1S/C11H14N4O/c1-7(2)15-10-8(6-13-15)4-3-5-9(10)11(12)14-16/h3-7,16H,1-2H3,(H2,12,14). The van der Waals surface area contributed by atoms with Crippen molar-refractivity contribution in [2.75, 3.05) is 0 Å². The number of benzene rings is 1. The van der Waals surface area contributed by atoms with Crippen molar-refractivity contribution < 1.29 is 5.21 Å². The Labute approximate surface area is 93.2 Å². The summed E-state index contributed by atoms with van der Waals surface area (Å²) in [6.45, 7) is 4.07. The number of nitrogens with two attached hydrogens (primary N) is 1. The Morgan fingerprint density at radius 3 is 2.88 bits per heavy atom. The van der Waals surface area contributed by atoms with Gasteiger partial charge >= 0.3 is 0 Å². The van der Waals surface area contributed by atoms with Gasteiger partial charge in [0.05, 0.1) is 11.7 Å². The molecule has 0 amide bonds. The fourth-order valence-corrected chi connectivity index (χ4v) is 1.76. The van der Waals surface area contributed by atoms with E-state index in [4.69, 9.17) is 10.9 Å². The van der Waals surface area contributed by atoms with Crippen LogP contribution in [0.5, 0.6) is 0 Å². The van der Waals surface area contributed by atoms with Crippen LogP contribution < -0.4 is 5.73 Å². The summed E-state index contributed by atoms with van der Waals surface area (Å²) >= 11 is 0. The van der Waals surface area contributed by atoms with E-state index in [1.54, 1.807) is 6.20 Å². The topological polar surface area (TPSA) is 76.4 Å². The van der Waals surface area contributed by atoms with E-state index in [9.17, 15) is 0 Å². The molecule has 0 saturated carbocycles. The summed E-state index contributed by atoms with van der Waals surface area (Å²) < 4.78 is 1.86. The van der Waals surface area contributed by atoms with E-state index in [-0.39, 0.29) is 11.9 Å². The first kappa shape index (κ1) is 10.5. The van der Waals surface area contributed by atoms with Crippen molar-refractivity contribution in [1.82, 2.24) is 9.78 Å². The van der Waals surface area contributed by atoms with Crippen LogP contribution in [0.1, 0.15) is 25.5 Å². The summed E-state index contributed by atoms with van der Waals surface area (Å²) in [7, 11) is 0. The van der Waals surface area contributed by atoms with Crippen LogP contribution in [-0.4, -0.2) is 20.8 Å². The minimum absolute atomic E-state index is 0.105. The summed E-state index contributed by atoms with van der Waals surface area (Å²) in [4.78, 5) is 0. The molecule has 0 spiro atoms. The van der Waals surface area contributed by atoms with Crippen molar-refractivity contribution in [1.29, 1.82) is 0 Å². The van der Waals surface area contributed by atoms with Crippen LogP contribution >= 0.6 is 0 Å². The molecule has 0 atom stereocenters. The van der Waals surface area contributed by atoms with E-state index in [1.807, 2.05) is 36.7 Å². The third kappa shape index (κ3) is 1.50. The lowest BCUT2D eigenvalue weighted by Crippen LogP contribution is -2.15. The molecule has 0 aliphatic carbocycles. The lowest BCUT2D eigenvalue weighted by atomic mass is 10.1. The number of para-hydroxylation sites is 1. The molecule has 0 unspecified atom stereocenters. The zero-order chi connectivity index (χ0) is 11.7. The molecule has 1 aromatic carbocycles. The fraction of sp³-hybridized carbons (Fsp3) is 0.273. The second-order valence-electron chi connectivity index (χ2n) is 3.91. The van der Waals surface area contributed by atoms with Gasteiger partial charge in [-0.15, -0.1) is 0 Å². The molecule has 0 aliphatic rings. The molecule has 16 heavy (non-hydrogen) atoms. The Kier molecular flexibility index (Phi) is 2.52. The fourth-order valence-electron chi connectivity index (χ4n) is 1.76.